The van der Waals surface area contributed by atoms with Gasteiger partial charge in [-0.05, 0) is 57.4 Å². The fourth-order valence-corrected chi connectivity index (χ4v) is 4.20. The Morgan fingerprint density at radius 3 is 2.53 bits per heavy atom. The number of carbonyl (C=O) groups is 1. The average Bonchev–Trinajstić information content (AvgIpc) is 3.14. The minimum atomic E-state index is -0.757. The average molecular weight is 416 g/mol. The highest BCUT2D eigenvalue weighted by Gasteiger charge is 2.33. The molecular formula is C24H37N3O3. The van der Waals surface area contributed by atoms with Crippen molar-refractivity contribution in [2.24, 2.45) is 5.41 Å². The number of amides is 1. The molecule has 0 aromatic heterocycles. The van der Waals surface area contributed by atoms with Gasteiger partial charge in [0.05, 0.1) is 18.2 Å². The Kier molecular flexibility index (Phi) is 9.13. The number of hydrogen-bond acceptors (Lipinski definition) is 5. The number of nitrogens with one attached hydrogen (secondary N) is 2. The summed E-state index contributed by atoms with van der Waals surface area (Å²) in [6.07, 6.45) is 5.36. The van der Waals surface area contributed by atoms with Crippen LogP contribution in [0.25, 0.3) is 0 Å². The monoisotopic (exact) mass is 415 g/mol. The zero-order chi connectivity index (χ0) is 22.0. The van der Waals surface area contributed by atoms with Crippen LogP contribution in [0.5, 0.6) is 0 Å². The Balaban J connectivity index is 1.96. The second kappa shape index (κ2) is 11.3. The maximum Gasteiger partial charge on any atom is 0.407 e. The molecule has 1 aliphatic carbocycles. The molecule has 3 N–H and O–H groups in total. The molecule has 0 aliphatic heterocycles. The maximum atomic E-state index is 12.3. The van der Waals surface area contributed by atoms with Crippen LogP contribution in [0.1, 0.15) is 64.9 Å². The number of alkyl carbamates (subject to hydrolysis) is 1. The van der Waals surface area contributed by atoms with E-state index >= 15 is 0 Å². The highest BCUT2D eigenvalue weighted by molar-refractivity contribution is 5.68. The van der Waals surface area contributed by atoms with Crippen LogP contribution >= 0.6 is 0 Å². The first-order valence-electron chi connectivity index (χ1n) is 11.0. The SMILES string of the molecule is CC(C)(C)OC(=O)N[C@@H](Cc1ccccc1)[C@H](O)CNCC1(CCC#N)CCCC1. The lowest BCUT2D eigenvalue weighted by Crippen LogP contribution is -2.50. The molecule has 0 bridgehead atoms. The van der Waals surface area contributed by atoms with Gasteiger partial charge in [-0.3, -0.25) is 0 Å². The number of ether oxygens (including phenoxy) is 1. The van der Waals surface area contributed by atoms with Gasteiger partial charge in [0.15, 0.2) is 0 Å². The Bertz CT molecular complexity index is 688. The third-order valence-electron chi connectivity index (χ3n) is 5.75. The van der Waals surface area contributed by atoms with Gasteiger partial charge in [0.2, 0.25) is 0 Å². The molecule has 2 rings (SSSR count). The van der Waals surface area contributed by atoms with Gasteiger partial charge in [-0.2, -0.15) is 5.26 Å². The lowest BCUT2D eigenvalue weighted by molar-refractivity contribution is 0.0419. The smallest absolute Gasteiger partial charge is 0.407 e. The van der Waals surface area contributed by atoms with Crippen molar-refractivity contribution in [1.29, 1.82) is 5.26 Å². The molecular weight excluding hydrogens is 378 g/mol. The van der Waals surface area contributed by atoms with E-state index in [0.717, 1.165) is 31.4 Å². The quantitative estimate of drug-likeness (QED) is 0.538. The number of aliphatic hydroxyl groups excluding tert-OH is 1. The van der Waals surface area contributed by atoms with Gasteiger partial charge in [-0.1, -0.05) is 43.2 Å². The van der Waals surface area contributed by atoms with Crippen LogP contribution in [-0.2, 0) is 11.2 Å². The van der Waals surface area contributed by atoms with Gasteiger partial charge in [-0.15, -0.1) is 0 Å². The molecule has 1 aliphatic rings. The Labute approximate surface area is 181 Å². The summed E-state index contributed by atoms with van der Waals surface area (Å²) >= 11 is 0. The van der Waals surface area contributed by atoms with E-state index in [0.29, 0.717) is 19.4 Å². The van der Waals surface area contributed by atoms with Crippen molar-refractivity contribution in [2.45, 2.75) is 83.5 Å². The first-order chi connectivity index (χ1) is 14.2. The summed E-state index contributed by atoms with van der Waals surface area (Å²) in [5, 5.41) is 26.1. The highest BCUT2D eigenvalue weighted by Crippen LogP contribution is 2.41. The normalized spacial score (nSPS) is 17.7. The number of nitrogens with zero attached hydrogens (tertiary/aromatic N) is 1. The second-order valence-electron chi connectivity index (χ2n) is 9.51. The summed E-state index contributed by atoms with van der Waals surface area (Å²) in [6, 6.07) is 11.6. The number of hydrogen-bond donors (Lipinski definition) is 3. The van der Waals surface area contributed by atoms with Crippen molar-refractivity contribution in [1.82, 2.24) is 10.6 Å². The van der Waals surface area contributed by atoms with Crippen molar-refractivity contribution in [3.63, 3.8) is 0 Å². The Morgan fingerprint density at radius 1 is 1.27 bits per heavy atom. The molecule has 1 saturated carbocycles. The molecule has 30 heavy (non-hydrogen) atoms. The summed E-state index contributed by atoms with van der Waals surface area (Å²) in [6.45, 7) is 6.62. The summed E-state index contributed by atoms with van der Waals surface area (Å²) in [4.78, 5) is 12.3. The lowest BCUT2D eigenvalue weighted by Gasteiger charge is -2.31. The van der Waals surface area contributed by atoms with Crippen LogP contribution in [0, 0.1) is 16.7 Å². The van der Waals surface area contributed by atoms with E-state index in [4.69, 9.17) is 10.00 Å². The molecule has 6 heteroatoms. The molecule has 6 nitrogen and oxygen atoms in total. The molecule has 0 radical (unpaired) electrons. The fourth-order valence-electron chi connectivity index (χ4n) is 4.20. The zero-order valence-corrected chi connectivity index (χ0v) is 18.6. The second-order valence-corrected chi connectivity index (χ2v) is 9.51. The molecule has 0 unspecified atom stereocenters. The molecule has 1 amide bonds. The molecule has 1 aromatic rings. The number of benzene rings is 1. The third-order valence-corrected chi connectivity index (χ3v) is 5.75. The largest absolute Gasteiger partial charge is 0.444 e. The molecule has 2 atom stereocenters. The maximum absolute atomic E-state index is 12.3. The van der Waals surface area contributed by atoms with Gasteiger partial charge >= 0.3 is 6.09 Å². The Morgan fingerprint density at radius 2 is 1.93 bits per heavy atom. The van der Waals surface area contributed by atoms with Crippen LogP contribution in [0.2, 0.25) is 0 Å². The Hall–Kier alpha value is -2.10. The summed E-state index contributed by atoms with van der Waals surface area (Å²) < 4.78 is 5.39. The van der Waals surface area contributed by atoms with E-state index in [1.165, 1.54) is 12.8 Å². The van der Waals surface area contributed by atoms with Gasteiger partial charge in [0.1, 0.15) is 5.60 Å². The minimum absolute atomic E-state index is 0.156. The summed E-state index contributed by atoms with van der Waals surface area (Å²) in [5.41, 5.74) is 0.599. The highest BCUT2D eigenvalue weighted by atomic mass is 16.6. The number of aliphatic hydroxyl groups is 1. The van der Waals surface area contributed by atoms with Gasteiger partial charge in [-0.25, -0.2) is 4.79 Å². The molecule has 0 saturated heterocycles. The third kappa shape index (κ3) is 8.33. The van der Waals surface area contributed by atoms with Crippen molar-refractivity contribution >= 4 is 6.09 Å². The fraction of sp³-hybridized carbons (Fsp3) is 0.667. The van der Waals surface area contributed by atoms with E-state index in [1.54, 1.807) is 0 Å². The van der Waals surface area contributed by atoms with E-state index in [2.05, 4.69) is 16.7 Å². The van der Waals surface area contributed by atoms with Gasteiger partial charge in [0, 0.05) is 19.5 Å². The summed E-state index contributed by atoms with van der Waals surface area (Å²) in [7, 11) is 0. The number of carbonyl (C=O) groups excluding carboxylic acids is 1. The van der Waals surface area contributed by atoms with E-state index in [9.17, 15) is 9.90 Å². The van der Waals surface area contributed by atoms with Gasteiger partial charge < -0.3 is 20.5 Å². The van der Waals surface area contributed by atoms with Crippen molar-refractivity contribution in [2.75, 3.05) is 13.1 Å². The van der Waals surface area contributed by atoms with Crippen LogP contribution < -0.4 is 10.6 Å². The van der Waals surface area contributed by atoms with E-state index < -0.39 is 23.8 Å². The predicted molar refractivity (Wildman–Crippen MR) is 118 cm³/mol. The minimum Gasteiger partial charge on any atom is -0.444 e. The van der Waals surface area contributed by atoms with Gasteiger partial charge in [0.25, 0.3) is 0 Å². The van der Waals surface area contributed by atoms with Crippen molar-refractivity contribution in [3.8, 4) is 6.07 Å². The van der Waals surface area contributed by atoms with Crippen molar-refractivity contribution < 1.29 is 14.6 Å². The zero-order valence-electron chi connectivity index (χ0n) is 18.6. The number of rotatable bonds is 10. The molecule has 1 fully saturated rings. The standard InChI is InChI=1S/C24H37N3O3/c1-23(2,3)30-22(29)27-20(16-19-10-5-4-6-11-19)21(28)17-26-18-24(14-9-15-25)12-7-8-13-24/h4-6,10-11,20-21,26,28H,7-9,12-14,16-18H2,1-3H3,(H,27,29)/t20-,21+/m0/s1. The molecule has 166 valence electrons. The van der Waals surface area contributed by atoms with Crippen LogP contribution in [0.15, 0.2) is 30.3 Å². The first kappa shape index (κ1) is 24.2. The van der Waals surface area contributed by atoms with E-state index in [-0.39, 0.29) is 5.41 Å². The summed E-state index contributed by atoms with van der Waals surface area (Å²) in [5.74, 6) is 0. The molecule has 0 spiro atoms. The van der Waals surface area contributed by atoms with Crippen LogP contribution in [0.3, 0.4) is 0 Å². The van der Waals surface area contributed by atoms with Crippen LogP contribution in [0.4, 0.5) is 4.79 Å². The molecule has 1 aromatic carbocycles. The first-order valence-corrected chi connectivity index (χ1v) is 11.0. The predicted octanol–water partition coefficient (Wildman–Crippen LogP) is 3.94. The topological polar surface area (TPSA) is 94.4 Å². The van der Waals surface area contributed by atoms with E-state index in [1.807, 2.05) is 51.1 Å². The molecule has 0 heterocycles. The number of nitriles is 1. The lowest BCUT2D eigenvalue weighted by atomic mass is 9.81. The van der Waals surface area contributed by atoms with Crippen molar-refractivity contribution in [3.05, 3.63) is 35.9 Å². The van der Waals surface area contributed by atoms with Crippen LogP contribution in [-0.4, -0.2) is 42.0 Å².